The summed E-state index contributed by atoms with van der Waals surface area (Å²) in [5.41, 5.74) is 4.44. The van der Waals surface area contributed by atoms with Crippen LogP contribution in [0.5, 0.6) is 0 Å². The molecule has 1 fully saturated rings. The molecule has 1 saturated carbocycles. The number of hydrogen-bond acceptors (Lipinski definition) is 3. The van der Waals surface area contributed by atoms with Gasteiger partial charge in [0.2, 0.25) is 0 Å². The first-order valence-corrected chi connectivity index (χ1v) is 9.52. The Morgan fingerprint density at radius 3 is 2.64 bits per heavy atom. The van der Waals surface area contributed by atoms with E-state index >= 15 is 0 Å². The number of anilines is 1. The van der Waals surface area contributed by atoms with E-state index < -0.39 is 0 Å². The van der Waals surface area contributed by atoms with Gasteiger partial charge >= 0.3 is 0 Å². The molecule has 1 N–H and O–H groups in total. The molecule has 1 aliphatic carbocycles. The molecule has 3 aromatic rings. The summed E-state index contributed by atoms with van der Waals surface area (Å²) >= 11 is 3.47. The van der Waals surface area contributed by atoms with E-state index in [1.165, 1.54) is 18.4 Å². The quantitative estimate of drug-likeness (QED) is 0.553. The average molecular weight is 397 g/mol. The van der Waals surface area contributed by atoms with Crippen molar-refractivity contribution < 1.29 is 4.52 Å². The van der Waals surface area contributed by atoms with Crippen LogP contribution in [0.15, 0.2) is 63.6 Å². The highest BCUT2D eigenvalue weighted by Crippen LogP contribution is 2.49. The summed E-state index contributed by atoms with van der Waals surface area (Å²) in [6.45, 7) is 2.93. The van der Waals surface area contributed by atoms with E-state index in [2.05, 4.69) is 56.7 Å². The van der Waals surface area contributed by atoms with Crippen LogP contribution in [-0.2, 0) is 0 Å². The Labute approximate surface area is 156 Å². The Kier molecular flexibility index (Phi) is 4.62. The van der Waals surface area contributed by atoms with Crippen molar-refractivity contribution in [3.8, 4) is 11.3 Å². The number of nitrogens with zero attached hydrogens (tertiary/aromatic N) is 1. The molecule has 0 unspecified atom stereocenters. The zero-order valence-electron chi connectivity index (χ0n) is 14.2. The van der Waals surface area contributed by atoms with Gasteiger partial charge in [0.1, 0.15) is 11.4 Å². The predicted molar refractivity (Wildman–Crippen MR) is 105 cm³/mol. The second kappa shape index (κ2) is 7.04. The summed E-state index contributed by atoms with van der Waals surface area (Å²) < 4.78 is 6.62. The Bertz CT molecular complexity index is 842. The molecule has 0 amide bonds. The molecule has 2 atom stereocenters. The minimum atomic E-state index is 0.734. The Hall–Kier alpha value is -2.07. The van der Waals surface area contributed by atoms with Crippen LogP contribution in [0.1, 0.15) is 30.0 Å². The van der Waals surface area contributed by atoms with Gasteiger partial charge in [-0.1, -0.05) is 51.4 Å². The molecule has 1 heterocycles. The summed E-state index contributed by atoms with van der Waals surface area (Å²) in [5.74, 6) is 2.34. The summed E-state index contributed by atoms with van der Waals surface area (Å²) in [7, 11) is 0. The van der Waals surface area contributed by atoms with Crippen LogP contribution in [0.2, 0.25) is 0 Å². The molecule has 4 heteroatoms. The van der Waals surface area contributed by atoms with E-state index in [1.807, 2.05) is 31.2 Å². The summed E-state index contributed by atoms with van der Waals surface area (Å²) in [5, 5.41) is 7.69. The largest absolute Gasteiger partial charge is 0.380 e. The third kappa shape index (κ3) is 3.64. The Morgan fingerprint density at radius 2 is 1.88 bits per heavy atom. The van der Waals surface area contributed by atoms with Gasteiger partial charge in [-0.3, -0.25) is 0 Å². The first kappa shape index (κ1) is 16.4. The van der Waals surface area contributed by atoms with Gasteiger partial charge < -0.3 is 9.84 Å². The fourth-order valence-corrected chi connectivity index (χ4v) is 3.70. The number of nitrogens with one attached hydrogen (secondary N) is 1. The topological polar surface area (TPSA) is 38.1 Å². The normalized spacial score (nSPS) is 19.0. The van der Waals surface area contributed by atoms with Crippen LogP contribution >= 0.6 is 15.9 Å². The molecule has 1 aliphatic rings. The van der Waals surface area contributed by atoms with Crippen molar-refractivity contribution in [1.29, 1.82) is 0 Å². The molecule has 0 radical (unpaired) electrons. The third-order valence-electron chi connectivity index (χ3n) is 4.94. The Morgan fingerprint density at radius 1 is 1.12 bits per heavy atom. The summed E-state index contributed by atoms with van der Waals surface area (Å²) in [4.78, 5) is 0. The van der Waals surface area contributed by atoms with Crippen LogP contribution in [0.3, 0.4) is 0 Å². The highest BCUT2D eigenvalue weighted by Gasteiger charge is 2.37. The minimum absolute atomic E-state index is 0.734. The molecule has 128 valence electrons. The molecule has 0 saturated heterocycles. The van der Waals surface area contributed by atoms with Gasteiger partial charge in [-0.25, -0.2) is 0 Å². The SMILES string of the molecule is Cc1noc(-c2ccc(Br)cc2)c1NCC[C@@H]1C[C@H]1c1ccccc1. The van der Waals surface area contributed by atoms with Crippen LogP contribution in [0.25, 0.3) is 11.3 Å². The number of rotatable bonds is 6. The van der Waals surface area contributed by atoms with Gasteiger partial charge in [-0.15, -0.1) is 0 Å². The van der Waals surface area contributed by atoms with Gasteiger partial charge in [0.05, 0.1) is 0 Å². The van der Waals surface area contributed by atoms with Gasteiger partial charge in [-0.05, 0) is 61.4 Å². The summed E-state index contributed by atoms with van der Waals surface area (Å²) in [6.07, 6.45) is 2.47. The number of hydrogen-bond donors (Lipinski definition) is 1. The van der Waals surface area contributed by atoms with Gasteiger partial charge in [-0.2, -0.15) is 0 Å². The Balaban J connectivity index is 1.38. The van der Waals surface area contributed by atoms with Gasteiger partial charge in [0.15, 0.2) is 5.76 Å². The highest BCUT2D eigenvalue weighted by molar-refractivity contribution is 9.10. The summed E-state index contributed by atoms with van der Waals surface area (Å²) in [6, 6.07) is 19.0. The zero-order chi connectivity index (χ0) is 17.2. The number of benzene rings is 2. The van der Waals surface area contributed by atoms with Gasteiger partial charge in [0.25, 0.3) is 0 Å². The lowest BCUT2D eigenvalue weighted by Crippen LogP contribution is -2.04. The van der Waals surface area contributed by atoms with Gasteiger partial charge in [0, 0.05) is 16.6 Å². The fraction of sp³-hybridized carbons (Fsp3) is 0.286. The monoisotopic (exact) mass is 396 g/mol. The highest BCUT2D eigenvalue weighted by atomic mass is 79.9. The van der Waals surface area contributed by atoms with E-state index in [0.717, 1.165) is 45.6 Å². The molecule has 0 aliphatic heterocycles. The molecular formula is C21H21BrN2O. The van der Waals surface area contributed by atoms with Crippen molar-refractivity contribution >= 4 is 21.6 Å². The van der Waals surface area contributed by atoms with Crippen molar-refractivity contribution in [2.24, 2.45) is 5.92 Å². The predicted octanol–water partition coefficient (Wildman–Crippen LogP) is 6.02. The van der Waals surface area contributed by atoms with Crippen LogP contribution < -0.4 is 5.32 Å². The lowest BCUT2D eigenvalue weighted by molar-refractivity contribution is 0.427. The average Bonchev–Trinajstić information content (AvgIpc) is 3.33. The third-order valence-corrected chi connectivity index (χ3v) is 5.47. The lowest BCUT2D eigenvalue weighted by atomic mass is 10.1. The molecular weight excluding hydrogens is 376 g/mol. The first-order valence-electron chi connectivity index (χ1n) is 8.73. The molecule has 0 bridgehead atoms. The van der Waals surface area contributed by atoms with E-state index in [4.69, 9.17) is 4.52 Å². The van der Waals surface area contributed by atoms with E-state index in [9.17, 15) is 0 Å². The molecule has 2 aromatic carbocycles. The lowest BCUT2D eigenvalue weighted by Gasteiger charge is -2.07. The maximum Gasteiger partial charge on any atom is 0.190 e. The second-order valence-corrected chi connectivity index (χ2v) is 7.62. The number of aryl methyl sites for hydroxylation is 1. The smallest absolute Gasteiger partial charge is 0.190 e. The van der Waals surface area contributed by atoms with Crippen LogP contribution in [-0.4, -0.2) is 11.7 Å². The number of aromatic nitrogens is 1. The molecule has 4 rings (SSSR count). The van der Waals surface area contributed by atoms with E-state index in [0.29, 0.717) is 0 Å². The maximum absolute atomic E-state index is 5.56. The van der Waals surface area contributed by atoms with Crippen molar-refractivity contribution in [3.05, 3.63) is 70.3 Å². The fourth-order valence-electron chi connectivity index (χ4n) is 3.43. The molecule has 0 spiro atoms. The minimum Gasteiger partial charge on any atom is -0.380 e. The molecule has 1 aromatic heterocycles. The zero-order valence-corrected chi connectivity index (χ0v) is 15.8. The number of halogens is 1. The molecule has 3 nitrogen and oxygen atoms in total. The van der Waals surface area contributed by atoms with Crippen LogP contribution in [0, 0.1) is 12.8 Å². The van der Waals surface area contributed by atoms with Crippen molar-refractivity contribution in [3.63, 3.8) is 0 Å². The van der Waals surface area contributed by atoms with Crippen molar-refractivity contribution in [2.45, 2.75) is 25.7 Å². The van der Waals surface area contributed by atoms with E-state index in [-0.39, 0.29) is 0 Å². The van der Waals surface area contributed by atoms with Crippen molar-refractivity contribution in [2.75, 3.05) is 11.9 Å². The standard InChI is InChI=1S/C21H21BrN2O/c1-14-20(21(25-24-14)16-7-9-18(22)10-8-16)23-12-11-17-13-19(17)15-5-3-2-4-6-15/h2-10,17,19,23H,11-13H2,1H3/t17-,19+/m1/s1. The van der Waals surface area contributed by atoms with E-state index in [1.54, 1.807) is 0 Å². The second-order valence-electron chi connectivity index (χ2n) is 6.71. The molecule has 25 heavy (non-hydrogen) atoms. The first-order chi connectivity index (χ1) is 12.2. The van der Waals surface area contributed by atoms with Crippen molar-refractivity contribution in [1.82, 2.24) is 5.16 Å². The maximum atomic E-state index is 5.56. The van der Waals surface area contributed by atoms with Crippen LogP contribution in [0.4, 0.5) is 5.69 Å².